The first kappa shape index (κ1) is 28.4. The SMILES string of the molecule is CCCOC(=O)C(Cc1ccc(O)cc1)NP(C)(=O)NC(Cc1ccc(O)cc1)OC(=O)CCC. The molecule has 2 aromatic rings. The van der Waals surface area contributed by atoms with Crippen LogP contribution in [0.15, 0.2) is 48.5 Å². The fourth-order valence-electron chi connectivity index (χ4n) is 3.34. The van der Waals surface area contributed by atoms with Gasteiger partial charge in [-0.1, -0.05) is 38.1 Å². The summed E-state index contributed by atoms with van der Waals surface area (Å²) in [4.78, 5) is 24.9. The molecule has 0 aromatic heterocycles. The lowest BCUT2D eigenvalue weighted by molar-refractivity contribution is -0.150. The predicted octanol–water partition coefficient (Wildman–Crippen LogP) is 3.88. The molecule has 0 bridgehead atoms. The largest absolute Gasteiger partial charge is 0.508 e. The fraction of sp³-hybridized carbons (Fsp3) is 0.440. The summed E-state index contributed by atoms with van der Waals surface area (Å²) in [6, 6.07) is 11.8. The monoisotopic (exact) mass is 506 g/mol. The van der Waals surface area contributed by atoms with Crippen molar-refractivity contribution < 1.29 is 33.8 Å². The Hall–Kier alpha value is -2.87. The second-order valence-corrected chi connectivity index (χ2v) is 10.7. The number of ether oxygens (including phenoxy) is 2. The number of hydrogen-bond acceptors (Lipinski definition) is 7. The van der Waals surface area contributed by atoms with Gasteiger partial charge in [0.15, 0.2) is 6.23 Å². The molecule has 0 aliphatic carbocycles. The second-order valence-electron chi connectivity index (χ2n) is 8.37. The van der Waals surface area contributed by atoms with Crippen molar-refractivity contribution in [3.63, 3.8) is 0 Å². The Balaban J connectivity index is 2.19. The molecule has 2 rings (SSSR count). The number of phenols is 2. The first-order valence-corrected chi connectivity index (χ1v) is 13.8. The zero-order chi connectivity index (χ0) is 25.8. The molecule has 4 N–H and O–H groups in total. The van der Waals surface area contributed by atoms with Crippen molar-refractivity contribution in [2.45, 2.75) is 58.2 Å². The summed E-state index contributed by atoms with van der Waals surface area (Å²) in [5.41, 5.74) is 1.50. The van der Waals surface area contributed by atoms with E-state index in [1.807, 2.05) is 13.8 Å². The minimum absolute atomic E-state index is 0.0978. The molecule has 10 heteroatoms. The van der Waals surface area contributed by atoms with Crippen molar-refractivity contribution in [3.8, 4) is 11.5 Å². The zero-order valence-electron chi connectivity index (χ0n) is 20.4. The van der Waals surface area contributed by atoms with E-state index in [1.165, 1.54) is 30.9 Å². The van der Waals surface area contributed by atoms with Gasteiger partial charge in [0.2, 0.25) is 7.44 Å². The van der Waals surface area contributed by atoms with E-state index < -0.39 is 31.7 Å². The lowest BCUT2D eigenvalue weighted by Gasteiger charge is -2.27. The van der Waals surface area contributed by atoms with Crippen LogP contribution < -0.4 is 10.2 Å². The minimum Gasteiger partial charge on any atom is -0.508 e. The van der Waals surface area contributed by atoms with Gasteiger partial charge in [-0.15, -0.1) is 0 Å². The van der Waals surface area contributed by atoms with Crippen LogP contribution in [-0.2, 0) is 36.5 Å². The summed E-state index contributed by atoms with van der Waals surface area (Å²) in [6.45, 7) is 5.37. The van der Waals surface area contributed by atoms with Crippen molar-refractivity contribution in [1.82, 2.24) is 10.2 Å². The molecule has 0 aliphatic heterocycles. The van der Waals surface area contributed by atoms with Gasteiger partial charge in [0.1, 0.15) is 17.5 Å². The summed E-state index contributed by atoms with van der Waals surface area (Å²) in [6.07, 6.45) is 0.913. The van der Waals surface area contributed by atoms with Crippen molar-refractivity contribution in [3.05, 3.63) is 59.7 Å². The Kier molecular flexibility index (Phi) is 11.2. The molecule has 3 unspecified atom stereocenters. The average molecular weight is 507 g/mol. The maximum atomic E-state index is 13.5. The van der Waals surface area contributed by atoms with E-state index in [2.05, 4.69) is 10.2 Å². The molecule has 0 aliphatic rings. The summed E-state index contributed by atoms with van der Waals surface area (Å²) in [7, 11) is -3.44. The molecule has 0 fully saturated rings. The highest BCUT2D eigenvalue weighted by molar-refractivity contribution is 7.59. The highest BCUT2D eigenvalue weighted by atomic mass is 31.2. The summed E-state index contributed by atoms with van der Waals surface area (Å²) < 4.78 is 24.4. The molecule has 0 amide bonds. The maximum Gasteiger partial charge on any atom is 0.323 e. The summed E-state index contributed by atoms with van der Waals surface area (Å²) in [5.74, 6) is -0.791. The summed E-state index contributed by atoms with van der Waals surface area (Å²) >= 11 is 0. The van der Waals surface area contributed by atoms with Gasteiger partial charge in [-0.2, -0.15) is 0 Å². The molecular weight excluding hydrogens is 471 g/mol. The van der Waals surface area contributed by atoms with Gasteiger partial charge in [0.25, 0.3) is 0 Å². The van der Waals surface area contributed by atoms with Gasteiger partial charge in [0.05, 0.1) is 6.61 Å². The van der Waals surface area contributed by atoms with Crippen molar-refractivity contribution in [2.75, 3.05) is 13.3 Å². The van der Waals surface area contributed by atoms with Gasteiger partial charge in [-0.25, -0.2) is 10.2 Å². The fourth-order valence-corrected chi connectivity index (χ4v) is 4.90. The highest BCUT2D eigenvalue weighted by Crippen LogP contribution is 2.34. The second kappa shape index (κ2) is 13.9. The smallest absolute Gasteiger partial charge is 0.323 e. The third kappa shape index (κ3) is 10.5. The molecular formula is C25H35N2O7P. The Morgan fingerprint density at radius 1 is 0.886 bits per heavy atom. The third-order valence-electron chi connectivity index (χ3n) is 4.99. The van der Waals surface area contributed by atoms with Gasteiger partial charge >= 0.3 is 11.9 Å². The quantitative estimate of drug-likeness (QED) is 0.171. The highest BCUT2D eigenvalue weighted by Gasteiger charge is 2.30. The molecule has 0 spiro atoms. The predicted molar refractivity (Wildman–Crippen MR) is 133 cm³/mol. The Morgan fingerprint density at radius 3 is 1.94 bits per heavy atom. The van der Waals surface area contributed by atoms with Crippen LogP contribution >= 0.6 is 7.44 Å². The van der Waals surface area contributed by atoms with E-state index in [9.17, 15) is 24.4 Å². The maximum absolute atomic E-state index is 13.5. The molecule has 3 atom stereocenters. The van der Waals surface area contributed by atoms with Gasteiger partial charge in [0, 0.05) is 19.5 Å². The van der Waals surface area contributed by atoms with Crippen LogP contribution in [0.1, 0.15) is 44.2 Å². The lowest BCUT2D eigenvalue weighted by Crippen LogP contribution is -2.43. The molecule has 35 heavy (non-hydrogen) atoms. The van der Waals surface area contributed by atoms with Crippen LogP contribution in [0, 0.1) is 0 Å². The van der Waals surface area contributed by atoms with Gasteiger partial charge < -0.3 is 19.7 Å². The van der Waals surface area contributed by atoms with E-state index in [-0.39, 0.29) is 37.4 Å². The van der Waals surface area contributed by atoms with Crippen LogP contribution in [-0.4, -0.2) is 47.7 Å². The van der Waals surface area contributed by atoms with E-state index in [4.69, 9.17) is 9.47 Å². The normalized spacial score (nSPS) is 14.5. The number of aromatic hydroxyl groups is 2. The Labute approximate surface area is 206 Å². The van der Waals surface area contributed by atoms with Crippen LogP contribution in [0.2, 0.25) is 0 Å². The summed E-state index contributed by atoms with van der Waals surface area (Å²) in [5, 5.41) is 24.8. The van der Waals surface area contributed by atoms with Crippen LogP contribution in [0.25, 0.3) is 0 Å². The van der Waals surface area contributed by atoms with Crippen LogP contribution in [0.4, 0.5) is 0 Å². The molecule has 0 radical (unpaired) electrons. The molecule has 192 valence electrons. The number of nitrogens with one attached hydrogen (secondary N) is 2. The molecule has 0 saturated heterocycles. The number of phenolic OH excluding ortho intramolecular Hbond substituents is 2. The van der Waals surface area contributed by atoms with Gasteiger partial charge in [-0.05, 0) is 54.7 Å². The standard InChI is InChI=1S/C25H35N2O7P/c1-4-6-24(30)34-23(17-19-9-13-21(29)14-10-19)27-35(3,32)26-22(25(31)33-15-5-2)16-18-7-11-20(28)12-8-18/h7-14,22-23,28-29H,4-6,15-17H2,1-3H3,(H2,26,27,32). The Morgan fingerprint density at radius 2 is 1.43 bits per heavy atom. The van der Waals surface area contributed by atoms with Crippen molar-refractivity contribution in [1.29, 1.82) is 0 Å². The average Bonchev–Trinajstić information content (AvgIpc) is 2.79. The van der Waals surface area contributed by atoms with E-state index in [0.29, 0.717) is 12.8 Å². The number of benzene rings is 2. The number of esters is 2. The Bertz CT molecular complexity index is 996. The lowest BCUT2D eigenvalue weighted by atomic mass is 10.1. The zero-order valence-corrected chi connectivity index (χ0v) is 21.3. The van der Waals surface area contributed by atoms with Gasteiger partial charge in [-0.3, -0.25) is 14.2 Å². The van der Waals surface area contributed by atoms with Crippen LogP contribution in [0.5, 0.6) is 11.5 Å². The first-order chi connectivity index (χ1) is 16.6. The molecule has 0 heterocycles. The van der Waals surface area contributed by atoms with E-state index in [1.54, 1.807) is 24.3 Å². The van der Waals surface area contributed by atoms with Crippen molar-refractivity contribution in [2.24, 2.45) is 0 Å². The molecule has 9 nitrogen and oxygen atoms in total. The third-order valence-corrected chi connectivity index (χ3v) is 6.57. The molecule has 0 saturated carbocycles. The number of hydrogen-bond donors (Lipinski definition) is 4. The van der Waals surface area contributed by atoms with Crippen LogP contribution in [0.3, 0.4) is 0 Å². The van der Waals surface area contributed by atoms with Crippen molar-refractivity contribution >= 4 is 19.4 Å². The van der Waals surface area contributed by atoms with E-state index >= 15 is 0 Å². The molecule has 2 aromatic carbocycles. The number of carbonyl (C=O) groups excluding carboxylic acids is 2. The van der Waals surface area contributed by atoms with E-state index in [0.717, 1.165) is 11.1 Å². The number of rotatable bonds is 14. The number of carbonyl (C=O) groups is 2. The minimum atomic E-state index is -3.44. The topological polar surface area (TPSA) is 134 Å². The first-order valence-electron chi connectivity index (χ1n) is 11.7.